The second-order valence-corrected chi connectivity index (χ2v) is 6.06. The van der Waals surface area contributed by atoms with Gasteiger partial charge in [-0.2, -0.15) is 5.10 Å². The summed E-state index contributed by atoms with van der Waals surface area (Å²) in [5, 5.41) is 18.1. The monoisotopic (exact) mass is 365 g/mol. The van der Waals surface area contributed by atoms with Gasteiger partial charge in [-0.05, 0) is 42.7 Å². The first-order valence-electron chi connectivity index (χ1n) is 8.62. The minimum Gasteiger partial charge on any atom is -0.322 e. The van der Waals surface area contributed by atoms with Gasteiger partial charge in [0, 0.05) is 17.3 Å². The average molecular weight is 365 g/mol. The predicted molar refractivity (Wildman–Crippen MR) is 101 cm³/mol. The number of benzene rings is 2. The van der Waals surface area contributed by atoms with Crippen LogP contribution in [-0.4, -0.2) is 25.6 Å². The number of carbonyl (C=O) groups is 1. The van der Waals surface area contributed by atoms with Crippen molar-refractivity contribution < 1.29 is 9.72 Å². The highest BCUT2D eigenvalue weighted by atomic mass is 16.6. The second kappa shape index (κ2) is 8.22. The van der Waals surface area contributed by atoms with Crippen molar-refractivity contribution in [3.63, 3.8) is 0 Å². The summed E-state index contributed by atoms with van der Waals surface area (Å²) in [7, 11) is 0. The largest absolute Gasteiger partial charge is 0.322 e. The maximum atomic E-state index is 12.5. The predicted octanol–water partition coefficient (Wildman–Crippen LogP) is 3.77. The quantitative estimate of drug-likeness (QED) is 0.507. The van der Waals surface area contributed by atoms with E-state index in [0.717, 1.165) is 19.3 Å². The van der Waals surface area contributed by atoms with Gasteiger partial charge in [0.15, 0.2) is 0 Å². The molecule has 0 saturated carbocycles. The Morgan fingerprint density at radius 1 is 1.22 bits per heavy atom. The molecule has 2 aromatic carbocycles. The fraction of sp³-hybridized carbons (Fsp3) is 0.211. The molecule has 1 amide bonds. The molecule has 138 valence electrons. The molecule has 1 aromatic heterocycles. The Morgan fingerprint density at radius 3 is 2.63 bits per heavy atom. The third-order valence-electron chi connectivity index (χ3n) is 4.13. The van der Waals surface area contributed by atoms with E-state index < -0.39 is 10.8 Å². The lowest BCUT2D eigenvalue weighted by Crippen LogP contribution is -2.13. The number of anilines is 1. The third kappa shape index (κ3) is 4.35. The summed E-state index contributed by atoms with van der Waals surface area (Å²) in [6, 6.07) is 11.9. The molecular formula is C19H19N5O3. The highest BCUT2D eigenvalue weighted by Crippen LogP contribution is 2.24. The van der Waals surface area contributed by atoms with Crippen LogP contribution in [0.25, 0.3) is 5.69 Å². The van der Waals surface area contributed by atoms with Crippen LogP contribution in [0.4, 0.5) is 11.4 Å². The molecule has 0 atom stereocenters. The maximum Gasteiger partial charge on any atom is 0.295 e. The minimum absolute atomic E-state index is 0.195. The summed E-state index contributed by atoms with van der Waals surface area (Å²) in [4.78, 5) is 27.1. The molecule has 3 rings (SSSR count). The highest BCUT2D eigenvalue weighted by molar-refractivity contribution is 6.04. The van der Waals surface area contributed by atoms with Crippen LogP contribution in [0.1, 0.15) is 35.7 Å². The van der Waals surface area contributed by atoms with Gasteiger partial charge in [-0.25, -0.2) is 9.67 Å². The summed E-state index contributed by atoms with van der Waals surface area (Å²) in [6.07, 6.45) is 5.90. The van der Waals surface area contributed by atoms with Crippen LogP contribution >= 0.6 is 0 Å². The van der Waals surface area contributed by atoms with E-state index in [1.807, 2.05) is 24.3 Å². The van der Waals surface area contributed by atoms with Crippen LogP contribution in [0, 0.1) is 10.1 Å². The number of amides is 1. The Bertz CT molecular complexity index is 936. The van der Waals surface area contributed by atoms with Gasteiger partial charge in [-0.15, -0.1) is 0 Å². The molecule has 8 nitrogen and oxygen atoms in total. The van der Waals surface area contributed by atoms with Crippen LogP contribution in [0.15, 0.2) is 55.1 Å². The van der Waals surface area contributed by atoms with Gasteiger partial charge in [0.1, 0.15) is 18.3 Å². The normalized spacial score (nSPS) is 10.6. The van der Waals surface area contributed by atoms with Gasteiger partial charge in [0.05, 0.1) is 4.92 Å². The lowest BCUT2D eigenvalue weighted by Gasteiger charge is -2.08. The number of rotatable bonds is 7. The summed E-state index contributed by atoms with van der Waals surface area (Å²) in [6.45, 7) is 2.14. The highest BCUT2D eigenvalue weighted by Gasteiger charge is 2.19. The SMILES string of the molecule is CCCCc1ccc(NC(=O)c2ccc(-n3cncn3)c([N+](=O)[O-])c2)cc1. The van der Waals surface area contributed by atoms with Crippen molar-refractivity contribution in [2.45, 2.75) is 26.2 Å². The molecule has 0 aliphatic heterocycles. The zero-order valence-electron chi connectivity index (χ0n) is 14.8. The van der Waals surface area contributed by atoms with E-state index in [0.29, 0.717) is 5.69 Å². The fourth-order valence-electron chi connectivity index (χ4n) is 2.68. The number of nitrogens with one attached hydrogen (secondary N) is 1. The van der Waals surface area contributed by atoms with E-state index in [4.69, 9.17) is 0 Å². The van der Waals surface area contributed by atoms with Crippen molar-refractivity contribution in [1.29, 1.82) is 0 Å². The smallest absolute Gasteiger partial charge is 0.295 e. The first kappa shape index (κ1) is 18.2. The Kier molecular flexibility index (Phi) is 5.55. The van der Waals surface area contributed by atoms with Gasteiger partial charge < -0.3 is 5.32 Å². The average Bonchev–Trinajstić information content (AvgIpc) is 3.21. The summed E-state index contributed by atoms with van der Waals surface area (Å²) < 4.78 is 1.29. The van der Waals surface area contributed by atoms with Crippen molar-refractivity contribution in [1.82, 2.24) is 14.8 Å². The molecule has 0 fully saturated rings. The van der Waals surface area contributed by atoms with Crippen LogP contribution in [-0.2, 0) is 6.42 Å². The van der Waals surface area contributed by atoms with E-state index in [1.165, 1.54) is 41.1 Å². The van der Waals surface area contributed by atoms with Crippen molar-refractivity contribution in [3.05, 3.63) is 76.4 Å². The first-order chi connectivity index (χ1) is 13.1. The van der Waals surface area contributed by atoms with Crippen molar-refractivity contribution in [2.75, 3.05) is 5.32 Å². The number of carbonyl (C=O) groups excluding carboxylic acids is 1. The lowest BCUT2D eigenvalue weighted by atomic mass is 10.1. The number of aromatic nitrogens is 3. The Balaban J connectivity index is 1.78. The van der Waals surface area contributed by atoms with E-state index >= 15 is 0 Å². The molecule has 8 heteroatoms. The van der Waals surface area contributed by atoms with E-state index in [-0.39, 0.29) is 16.9 Å². The van der Waals surface area contributed by atoms with Gasteiger partial charge in [0.25, 0.3) is 11.6 Å². The first-order valence-corrected chi connectivity index (χ1v) is 8.62. The van der Waals surface area contributed by atoms with E-state index in [1.54, 1.807) is 0 Å². The molecule has 0 bridgehead atoms. The van der Waals surface area contributed by atoms with Crippen LogP contribution in [0.5, 0.6) is 0 Å². The summed E-state index contributed by atoms with van der Waals surface area (Å²) in [5.41, 5.74) is 2.07. The number of nitrogens with zero attached hydrogens (tertiary/aromatic N) is 4. The molecule has 0 spiro atoms. The second-order valence-electron chi connectivity index (χ2n) is 6.06. The Morgan fingerprint density at radius 2 is 2.00 bits per heavy atom. The van der Waals surface area contributed by atoms with E-state index in [9.17, 15) is 14.9 Å². The molecule has 0 saturated heterocycles. The summed E-state index contributed by atoms with van der Waals surface area (Å²) >= 11 is 0. The molecule has 0 radical (unpaired) electrons. The molecular weight excluding hydrogens is 346 g/mol. The molecule has 0 unspecified atom stereocenters. The van der Waals surface area contributed by atoms with E-state index in [2.05, 4.69) is 22.3 Å². The lowest BCUT2D eigenvalue weighted by molar-refractivity contribution is -0.384. The minimum atomic E-state index is -0.545. The molecule has 27 heavy (non-hydrogen) atoms. The topological polar surface area (TPSA) is 103 Å². The number of unbranched alkanes of at least 4 members (excludes halogenated alkanes) is 1. The van der Waals surface area contributed by atoms with Crippen molar-refractivity contribution in [2.24, 2.45) is 0 Å². The summed E-state index contributed by atoms with van der Waals surface area (Å²) in [5.74, 6) is -0.412. The standard InChI is InChI=1S/C19H19N5O3/c1-2-3-4-14-5-8-16(9-6-14)22-19(25)15-7-10-17(18(11-15)24(26)27)23-13-20-12-21-23/h5-13H,2-4H2,1H3,(H,22,25). The third-order valence-corrected chi connectivity index (χ3v) is 4.13. The van der Waals surface area contributed by atoms with Crippen molar-refractivity contribution in [3.8, 4) is 5.69 Å². The number of hydrogen-bond donors (Lipinski definition) is 1. The Hall–Kier alpha value is -3.55. The van der Waals surface area contributed by atoms with Crippen LogP contribution in [0.3, 0.4) is 0 Å². The number of nitro benzene ring substituents is 1. The van der Waals surface area contributed by atoms with Gasteiger partial charge in [-0.3, -0.25) is 14.9 Å². The molecule has 1 N–H and O–H groups in total. The molecule has 0 aliphatic rings. The van der Waals surface area contributed by atoms with Gasteiger partial charge >= 0.3 is 0 Å². The Labute approximate surface area is 156 Å². The van der Waals surface area contributed by atoms with Gasteiger partial charge in [-0.1, -0.05) is 25.5 Å². The molecule has 1 heterocycles. The number of aryl methyl sites for hydroxylation is 1. The van der Waals surface area contributed by atoms with Crippen LogP contribution in [0.2, 0.25) is 0 Å². The zero-order chi connectivity index (χ0) is 19.2. The fourth-order valence-corrected chi connectivity index (χ4v) is 2.68. The van der Waals surface area contributed by atoms with Crippen molar-refractivity contribution >= 4 is 17.3 Å². The zero-order valence-corrected chi connectivity index (χ0v) is 14.8. The maximum absolute atomic E-state index is 12.5. The molecule has 3 aromatic rings. The molecule has 0 aliphatic carbocycles. The van der Waals surface area contributed by atoms with Crippen LogP contribution < -0.4 is 5.32 Å². The number of hydrogen-bond acceptors (Lipinski definition) is 5. The number of nitro groups is 1. The van der Waals surface area contributed by atoms with Gasteiger partial charge in [0.2, 0.25) is 0 Å².